The third-order valence-electron chi connectivity index (χ3n) is 3.09. The summed E-state index contributed by atoms with van der Waals surface area (Å²) in [6.07, 6.45) is 3.44. The van der Waals surface area contributed by atoms with Gasteiger partial charge >= 0.3 is 0 Å². The Morgan fingerprint density at radius 2 is 2.14 bits per heavy atom. The number of nitrogens with two attached hydrogens (primary N) is 1. The molecule has 0 fully saturated rings. The molecule has 0 amide bonds. The first kappa shape index (κ1) is 13.4. The number of aromatic nitrogens is 3. The van der Waals surface area contributed by atoms with Gasteiger partial charge in [0.1, 0.15) is 11.7 Å². The van der Waals surface area contributed by atoms with Crippen LogP contribution in [0.5, 0.6) is 0 Å². The van der Waals surface area contributed by atoms with Crippen molar-refractivity contribution in [2.75, 3.05) is 0 Å². The molecule has 0 saturated carbocycles. The standard InChI is InChI=1S/C14H12ClN5O/c15-9-8-17-6-5-11(9)20-12-4-2-1-3-10(12)18-14(20)7-13(16)19-21/h1-6,8,21H,7H2,(H2,16,19). The van der Waals surface area contributed by atoms with Crippen LogP contribution in [-0.4, -0.2) is 25.6 Å². The van der Waals surface area contributed by atoms with E-state index in [-0.39, 0.29) is 12.3 Å². The minimum atomic E-state index is 0.0803. The summed E-state index contributed by atoms with van der Waals surface area (Å²) in [7, 11) is 0. The average molecular weight is 302 g/mol. The fraction of sp³-hybridized carbons (Fsp3) is 0.0714. The van der Waals surface area contributed by atoms with Gasteiger partial charge in [0, 0.05) is 12.4 Å². The summed E-state index contributed by atoms with van der Waals surface area (Å²) in [5.74, 6) is 0.719. The van der Waals surface area contributed by atoms with E-state index in [1.165, 1.54) is 0 Å². The van der Waals surface area contributed by atoms with Crippen molar-refractivity contribution in [3.05, 3.63) is 53.6 Å². The maximum absolute atomic E-state index is 8.78. The van der Waals surface area contributed by atoms with Gasteiger partial charge < -0.3 is 10.9 Å². The molecule has 0 bridgehead atoms. The van der Waals surface area contributed by atoms with Crippen LogP contribution in [0.3, 0.4) is 0 Å². The molecular weight excluding hydrogens is 290 g/mol. The number of halogens is 1. The summed E-state index contributed by atoms with van der Waals surface area (Å²) in [6.45, 7) is 0. The zero-order valence-corrected chi connectivity index (χ0v) is 11.7. The normalized spacial score (nSPS) is 12.0. The Bertz CT molecular complexity index is 827. The molecule has 2 aromatic heterocycles. The van der Waals surface area contributed by atoms with Crippen molar-refractivity contribution in [3.63, 3.8) is 0 Å². The lowest BCUT2D eigenvalue weighted by Crippen LogP contribution is -2.17. The summed E-state index contributed by atoms with van der Waals surface area (Å²) < 4.78 is 1.89. The largest absolute Gasteiger partial charge is 0.409 e. The SMILES string of the molecule is NC(Cc1nc2ccccc2n1-c1ccncc1Cl)=NO. The molecule has 3 aromatic rings. The number of benzene rings is 1. The highest BCUT2D eigenvalue weighted by Gasteiger charge is 2.15. The van der Waals surface area contributed by atoms with Crippen LogP contribution in [0.4, 0.5) is 0 Å². The van der Waals surface area contributed by atoms with Gasteiger partial charge in [-0.3, -0.25) is 9.55 Å². The highest BCUT2D eigenvalue weighted by molar-refractivity contribution is 6.32. The molecule has 21 heavy (non-hydrogen) atoms. The van der Waals surface area contributed by atoms with Gasteiger partial charge in [-0.15, -0.1) is 0 Å². The number of pyridine rings is 1. The van der Waals surface area contributed by atoms with E-state index in [2.05, 4.69) is 15.1 Å². The number of hydrogen-bond acceptors (Lipinski definition) is 4. The zero-order valence-electron chi connectivity index (χ0n) is 10.9. The van der Waals surface area contributed by atoms with Gasteiger partial charge in [0.2, 0.25) is 0 Å². The molecule has 1 aromatic carbocycles. The second-order valence-electron chi connectivity index (χ2n) is 4.45. The minimum absolute atomic E-state index is 0.0803. The first-order chi connectivity index (χ1) is 10.2. The maximum atomic E-state index is 8.78. The number of imidazole rings is 1. The van der Waals surface area contributed by atoms with Gasteiger partial charge in [-0.25, -0.2) is 4.98 Å². The number of nitrogens with zero attached hydrogens (tertiary/aromatic N) is 4. The van der Waals surface area contributed by atoms with Crippen molar-refractivity contribution in [1.29, 1.82) is 0 Å². The van der Waals surface area contributed by atoms with Crippen molar-refractivity contribution in [2.24, 2.45) is 10.9 Å². The van der Waals surface area contributed by atoms with Gasteiger partial charge in [0.15, 0.2) is 0 Å². The van der Waals surface area contributed by atoms with Crippen molar-refractivity contribution >= 4 is 28.5 Å². The van der Waals surface area contributed by atoms with Gasteiger partial charge in [0.25, 0.3) is 0 Å². The predicted octanol–water partition coefficient (Wildman–Crippen LogP) is 2.36. The van der Waals surface area contributed by atoms with Crippen LogP contribution in [-0.2, 0) is 6.42 Å². The van der Waals surface area contributed by atoms with E-state index in [4.69, 9.17) is 22.5 Å². The summed E-state index contributed by atoms with van der Waals surface area (Å²) in [6, 6.07) is 9.46. The molecule has 0 aliphatic heterocycles. The fourth-order valence-electron chi connectivity index (χ4n) is 2.21. The van der Waals surface area contributed by atoms with E-state index in [0.29, 0.717) is 10.8 Å². The third kappa shape index (κ3) is 2.41. The lowest BCUT2D eigenvalue weighted by atomic mass is 10.3. The first-order valence-electron chi connectivity index (χ1n) is 6.23. The Balaban J connectivity index is 2.28. The van der Waals surface area contributed by atoms with Crippen molar-refractivity contribution in [3.8, 4) is 5.69 Å². The second kappa shape index (κ2) is 5.41. The zero-order chi connectivity index (χ0) is 14.8. The summed E-state index contributed by atoms with van der Waals surface area (Å²) in [5.41, 5.74) is 8.07. The Kier molecular flexibility index (Phi) is 3.45. The van der Waals surface area contributed by atoms with Crippen LogP contribution in [0.1, 0.15) is 5.82 Å². The Morgan fingerprint density at radius 3 is 2.90 bits per heavy atom. The molecule has 6 nitrogen and oxygen atoms in total. The van der Waals surface area contributed by atoms with Crippen molar-refractivity contribution < 1.29 is 5.21 Å². The molecule has 0 aliphatic carbocycles. The Labute approximate surface area is 125 Å². The number of rotatable bonds is 3. The predicted molar refractivity (Wildman–Crippen MR) is 81.0 cm³/mol. The molecule has 3 rings (SSSR count). The lowest BCUT2D eigenvalue weighted by Gasteiger charge is -2.10. The molecule has 0 radical (unpaired) electrons. The molecule has 2 heterocycles. The van der Waals surface area contributed by atoms with E-state index in [1.54, 1.807) is 18.5 Å². The molecule has 106 valence electrons. The quantitative estimate of drug-likeness (QED) is 0.336. The van der Waals surface area contributed by atoms with Crippen LogP contribution in [0, 0.1) is 0 Å². The highest BCUT2D eigenvalue weighted by Crippen LogP contribution is 2.26. The number of para-hydroxylation sites is 2. The molecule has 3 N–H and O–H groups in total. The number of hydrogen-bond donors (Lipinski definition) is 2. The van der Waals surface area contributed by atoms with E-state index in [1.807, 2.05) is 28.8 Å². The number of fused-ring (bicyclic) bond motifs is 1. The maximum Gasteiger partial charge on any atom is 0.146 e. The molecule has 0 unspecified atom stereocenters. The van der Waals surface area contributed by atoms with E-state index in [0.717, 1.165) is 16.7 Å². The van der Waals surface area contributed by atoms with Crippen LogP contribution < -0.4 is 5.73 Å². The molecule has 0 atom stereocenters. The van der Waals surface area contributed by atoms with Gasteiger partial charge in [-0.1, -0.05) is 28.9 Å². The smallest absolute Gasteiger partial charge is 0.146 e. The topological polar surface area (TPSA) is 89.3 Å². The number of amidine groups is 1. The van der Waals surface area contributed by atoms with E-state index >= 15 is 0 Å². The average Bonchev–Trinajstić information content (AvgIpc) is 2.85. The monoisotopic (exact) mass is 301 g/mol. The minimum Gasteiger partial charge on any atom is -0.409 e. The molecular formula is C14H12ClN5O. The van der Waals surface area contributed by atoms with Gasteiger partial charge in [0.05, 0.1) is 28.2 Å². The van der Waals surface area contributed by atoms with Crippen molar-refractivity contribution in [1.82, 2.24) is 14.5 Å². The summed E-state index contributed by atoms with van der Waals surface area (Å²) >= 11 is 6.24. The molecule has 0 aliphatic rings. The second-order valence-corrected chi connectivity index (χ2v) is 4.85. The lowest BCUT2D eigenvalue weighted by molar-refractivity contribution is 0.317. The van der Waals surface area contributed by atoms with Crippen molar-refractivity contribution in [2.45, 2.75) is 6.42 Å². The Morgan fingerprint density at radius 1 is 1.33 bits per heavy atom. The number of oxime groups is 1. The van der Waals surface area contributed by atoms with E-state index < -0.39 is 0 Å². The fourth-order valence-corrected chi connectivity index (χ4v) is 2.41. The molecule has 0 saturated heterocycles. The first-order valence-corrected chi connectivity index (χ1v) is 6.61. The summed E-state index contributed by atoms with van der Waals surface area (Å²) in [5, 5.41) is 12.3. The van der Waals surface area contributed by atoms with Gasteiger partial charge in [-0.2, -0.15) is 0 Å². The van der Waals surface area contributed by atoms with Gasteiger partial charge in [-0.05, 0) is 18.2 Å². The summed E-state index contributed by atoms with van der Waals surface area (Å²) in [4.78, 5) is 8.52. The van der Waals surface area contributed by atoms with E-state index in [9.17, 15) is 0 Å². The van der Waals surface area contributed by atoms with Crippen LogP contribution in [0.2, 0.25) is 5.02 Å². The van der Waals surface area contributed by atoms with Crippen LogP contribution >= 0.6 is 11.6 Å². The third-order valence-corrected chi connectivity index (χ3v) is 3.38. The highest BCUT2D eigenvalue weighted by atomic mass is 35.5. The molecule has 7 heteroatoms. The Hall–Kier alpha value is -2.60. The van der Waals surface area contributed by atoms with Crippen LogP contribution in [0.15, 0.2) is 47.9 Å². The van der Waals surface area contributed by atoms with Crippen LogP contribution in [0.25, 0.3) is 16.7 Å². The molecule has 0 spiro atoms.